The second-order valence-electron chi connectivity index (χ2n) is 6.99. The van der Waals surface area contributed by atoms with Gasteiger partial charge in [-0.25, -0.2) is 0 Å². The van der Waals surface area contributed by atoms with Crippen LogP contribution in [0.4, 0.5) is 0 Å². The van der Waals surface area contributed by atoms with Crippen LogP contribution in [0.1, 0.15) is 73.6 Å². The van der Waals surface area contributed by atoms with Crippen LogP contribution in [0, 0.1) is 11.8 Å². The quantitative estimate of drug-likeness (QED) is 0.688. The van der Waals surface area contributed by atoms with Crippen LogP contribution in [-0.2, 0) is 0 Å². The Kier molecular flexibility index (Phi) is 12.7. The van der Waals surface area contributed by atoms with Crippen LogP contribution in [0.5, 0.6) is 0 Å². The summed E-state index contributed by atoms with van der Waals surface area (Å²) < 4.78 is 0. The maximum Gasteiger partial charge on any atom is 0.0175 e. The molecule has 0 unspecified atom stereocenters. The fourth-order valence-corrected chi connectivity index (χ4v) is 3.20. The molecule has 0 atom stereocenters. The Morgan fingerprint density at radius 3 is 1.68 bits per heavy atom. The summed E-state index contributed by atoms with van der Waals surface area (Å²) in [5.41, 5.74) is 0. The van der Waals surface area contributed by atoms with Crippen LogP contribution in [-0.4, -0.2) is 42.0 Å². The lowest BCUT2D eigenvalue weighted by Gasteiger charge is -2.32. The average Bonchev–Trinajstić information content (AvgIpc) is 2.58. The van der Waals surface area contributed by atoms with Crippen molar-refractivity contribution in [2.45, 2.75) is 79.7 Å². The minimum atomic E-state index is 0.769. The lowest BCUT2D eigenvalue weighted by Crippen LogP contribution is -2.35. The highest BCUT2D eigenvalue weighted by molar-refractivity contribution is 4.79. The van der Waals surface area contributed by atoms with E-state index in [0.29, 0.717) is 0 Å². The molecule has 2 fully saturated rings. The molecule has 0 amide bonds. The summed E-state index contributed by atoms with van der Waals surface area (Å²) in [6.45, 7) is 22.1. The largest absolute Gasteiger partial charge is 0.378 e. The molecule has 22 heavy (non-hydrogen) atoms. The van der Waals surface area contributed by atoms with E-state index in [-0.39, 0.29) is 0 Å². The zero-order valence-corrected chi connectivity index (χ0v) is 16.3. The Bertz CT molecular complexity index is 246. The molecule has 0 radical (unpaired) electrons. The molecule has 2 nitrogen and oxygen atoms in total. The summed E-state index contributed by atoms with van der Waals surface area (Å²) in [6, 6.07) is 0.769. The van der Waals surface area contributed by atoms with Crippen molar-refractivity contribution in [1.82, 2.24) is 9.80 Å². The smallest absolute Gasteiger partial charge is 0.0175 e. The zero-order valence-electron chi connectivity index (χ0n) is 16.3. The van der Waals surface area contributed by atoms with Crippen LogP contribution in [0.3, 0.4) is 0 Å². The van der Waals surface area contributed by atoms with Gasteiger partial charge < -0.3 is 9.80 Å². The number of rotatable bonds is 3. The number of piperidine rings is 2. The predicted octanol–water partition coefficient (Wildman–Crippen LogP) is 5.40. The molecule has 0 spiro atoms. The van der Waals surface area contributed by atoms with Crippen molar-refractivity contribution in [3.05, 3.63) is 12.8 Å². The first kappa shape index (κ1) is 21.5. The first-order valence-corrected chi connectivity index (χ1v) is 9.65. The minimum Gasteiger partial charge on any atom is -0.378 e. The molecule has 0 aromatic rings. The summed E-state index contributed by atoms with van der Waals surface area (Å²) in [7, 11) is 0. The molecule has 0 aliphatic carbocycles. The molecule has 0 bridgehead atoms. The third-order valence-electron chi connectivity index (χ3n) is 4.90. The first-order valence-electron chi connectivity index (χ1n) is 9.65. The monoisotopic (exact) mass is 310 g/mol. The number of nitrogens with zero attached hydrogens (tertiary/aromatic N) is 2. The van der Waals surface area contributed by atoms with Gasteiger partial charge in [0.1, 0.15) is 0 Å². The van der Waals surface area contributed by atoms with Crippen LogP contribution < -0.4 is 0 Å². The standard InChI is InChI=1S/C10H19N.C8H17N.C2H6/c1-4-11-7-5-10(6-8-11)9(2)3;1-8(2)9-6-4-3-5-7-9;1-2/h4,9-10H,1,5-8H2,2-3H3;8H,3-7H2,1-2H3;1-2H3. The van der Waals surface area contributed by atoms with E-state index in [4.69, 9.17) is 0 Å². The van der Waals surface area contributed by atoms with Gasteiger partial charge in [-0.05, 0) is 70.7 Å². The molecule has 2 aliphatic heterocycles. The molecule has 132 valence electrons. The molecule has 2 aliphatic rings. The highest BCUT2D eigenvalue weighted by Gasteiger charge is 2.19. The van der Waals surface area contributed by atoms with E-state index in [1.54, 1.807) is 0 Å². The SMILES string of the molecule is C=CN1CCC(C(C)C)CC1.CC.CC(C)N1CCCCC1. The van der Waals surface area contributed by atoms with Crippen molar-refractivity contribution >= 4 is 0 Å². The van der Waals surface area contributed by atoms with E-state index >= 15 is 0 Å². The molecule has 2 heteroatoms. The second kappa shape index (κ2) is 13.0. The van der Waals surface area contributed by atoms with Crippen LogP contribution >= 0.6 is 0 Å². The van der Waals surface area contributed by atoms with Crippen molar-refractivity contribution in [3.63, 3.8) is 0 Å². The van der Waals surface area contributed by atoms with Crippen LogP contribution in [0.15, 0.2) is 12.8 Å². The lowest BCUT2D eigenvalue weighted by molar-refractivity contribution is 0.185. The molecular weight excluding hydrogens is 268 g/mol. The fraction of sp³-hybridized carbons (Fsp3) is 0.900. The van der Waals surface area contributed by atoms with Gasteiger partial charge in [-0.15, -0.1) is 0 Å². The van der Waals surface area contributed by atoms with Gasteiger partial charge in [-0.3, -0.25) is 0 Å². The van der Waals surface area contributed by atoms with Crippen molar-refractivity contribution < 1.29 is 0 Å². The average molecular weight is 311 g/mol. The topological polar surface area (TPSA) is 6.48 Å². The zero-order chi connectivity index (χ0) is 17.0. The molecular formula is C20H42N2. The third-order valence-corrected chi connectivity index (χ3v) is 4.90. The third kappa shape index (κ3) is 8.82. The van der Waals surface area contributed by atoms with Gasteiger partial charge in [0.15, 0.2) is 0 Å². The maximum atomic E-state index is 3.78. The van der Waals surface area contributed by atoms with Gasteiger partial charge in [0, 0.05) is 19.1 Å². The van der Waals surface area contributed by atoms with Crippen molar-refractivity contribution in [1.29, 1.82) is 0 Å². The fourth-order valence-electron chi connectivity index (χ4n) is 3.20. The van der Waals surface area contributed by atoms with E-state index in [9.17, 15) is 0 Å². The molecule has 0 saturated carbocycles. The lowest BCUT2D eigenvalue weighted by atomic mass is 9.87. The number of likely N-dealkylation sites (tertiary alicyclic amines) is 2. The normalized spacial score (nSPS) is 20.1. The van der Waals surface area contributed by atoms with Crippen LogP contribution in [0.25, 0.3) is 0 Å². The summed E-state index contributed by atoms with van der Waals surface area (Å²) >= 11 is 0. The Balaban J connectivity index is 0.000000366. The van der Waals surface area contributed by atoms with Crippen molar-refractivity contribution in [2.24, 2.45) is 11.8 Å². The van der Waals surface area contributed by atoms with Gasteiger partial charge in [-0.2, -0.15) is 0 Å². The number of hydrogen-bond acceptors (Lipinski definition) is 2. The molecule has 2 rings (SSSR count). The Morgan fingerprint density at radius 2 is 1.36 bits per heavy atom. The first-order chi connectivity index (χ1) is 10.5. The van der Waals surface area contributed by atoms with E-state index in [2.05, 4.69) is 44.1 Å². The van der Waals surface area contributed by atoms with E-state index in [1.807, 2.05) is 20.0 Å². The minimum absolute atomic E-state index is 0.769. The predicted molar refractivity (Wildman–Crippen MR) is 101 cm³/mol. The Hall–Kier alpha value is -0.500. The Labute approximate surface area is 141 Å². The summed E-state index contributed by atoms with van der Waals surface area (Å²) in [4.78, 5) is 4.88. The summed E-state index contributed by atoms with van der Waals surface area (Å²) in [5.74, 6) is 1.81. The molecule has 2 saturated heterocycles. The molecule has 0 aromatic carbocycles. The van der Waals surface area contributed by atoms with Gasteiger partial charge in [0.25, 0.3) is 0 Å². The van der Waals surface area contributed by atoms with Gasteiger partial charge >= 0.3 is 0 Å². The second-order valence-corrected chi connectivity index (χ2v) is 6.99. The van der Waals surface area contributed by atoms with Gasteiger partial charge in [-0.1, -0.05) is 40.7 Å². The van der Waals surface area contributed by atoms with Gasteiger partial charge in [0.05, 0.1) is 0 Å². The molecule has 0 aromatic heterocycles. The highest BCUT2D eigenvalue weighted by Crippen LogP contribution is 2.24. The number of hydrogen-bond donors (Lipinski definition) is 0. The maximum absolute atomic E-state index is 3.78. The molecule has 0 N–H and O–H groups in total. The highest BCUT2D eigenvalue weighted by atomic mass is 15.1. The van der Waals surface area contributed by atoms with E-state index < -0.39 is 0 Å². The van der Waals surface area contributed by atoms with Crippen molar-refractivity contribution in [3.8, 4) is 0 Å². The van der Waals surface area contributed by atoms with E-state index in [1.165, 1.54) is 58.3 Å². The Morgan fingerprint density at radius 1 is 0.864 bits per heavy atom. The van der Waals surface area contributed by atoms with Gasteiger partial charge in [0.2, 0.25) is 0 Å². The van der Waals surface area contributed by atoms with E-state index in [0.717, 1.165) is 17.9 Å². The summed E-state index contributed by atoms with van der Waals surface area (Å²) in [6.07, 6.45) is 8.95. The molecule has 2 heterocycles. The van der Waals surface area contributed by atoms with Crippen molar-refractivity contribution in [2.75, 3.05) is 26.2 Å². The van der Waals surface area contributed by atoms with Crippen LogP contribution in [0.2, 0.25) is 0 Å². The summed E-state index contributed by atoms with van der Waals surface area (Å²) in [5, 5.41) is 0.